The molecule has 172 valence electrons. The van der Waals surface area contributed by atoms with Crippen molar-refractivity contribution >= 4 is 22.3 Å². The Morgan fingerprint density at radius 3 is 2.35 bits per heavy atom. The van der Waals surface area contributed by atoms with Crippen molar-refractivity contribution in [1.82, 2.24) is 0 Å². The second-order valence-corrected chi connectivity index (χ2v) is 20.9. The summed E-state index contributed by atoms with van der Waals surface area (Å²) in [7, 11) is -1.68. The van der Waals surface area contributed by atoms with Crippen LogP contribution in [0.5, 0.6) is 5.75 Å². The van der Waals surface area contributed by atoms with E-state index in [1.165, 1.54) is 29.7 Å². The summed E-state index contributed by atoms with van der Waals surface area (Å²) in [5.41, 5.74) is 4.10. The van der Waals surface area contributed by atoms with Gasteiger partial charge < -0.3 is 13.7 Å². The fraction of sp³-hybridized carbons (Fsp3) is 0.720. The van der Waals surface area contributed by atoms with Gasteiger partial charge in [-0.2, -0.15) is 0 Å². The van der Waals surface area contributed by atoms with Crippen LogP contribution in [0.3, 0.4) is 0 Å². The molecule has 0 spiro atoms. The fourth-order valence-electron chi connectivity index (χ4n) is 6.76. The summed E-state index contributed by atoms with van der Waals surface area (Å²) in [5, 5.41) is 4.52. The lowest BCUT2D eigenvalue weighted by Gasteiger charge is -2.58. The molecule has 4 atom stereocenters. The summed E-state index contributed by atoms with van der Waals surface area (Å²) in [5.74, 6) is 2.16. The van der Waals surface area contributed by atoms with E-state index in [-0.39, 0.29) is 11.0 Å². The third-order valence-corrected chi connectivity index (χ3v) is 9.52. The lowest BCUT2D eigenvalue weighted by Crippen LogP contribution is -2.61. The Hall–Kier alpha value is -1.12. The monoisotopic (exact) mass is 459 g/mol. The summed E-state index contributed by atoms with van der Waals surface area (Å²) in [6, 6.07) is 6.91. The maximum Gasteiger partial charge on any atom is 0.242 e. The van der Waals surface area contributed by atoms with Crippen molar-refractivity contribution in [2.45, 2.75) is 96.2 Å². The number of rotatable bonds is 5. The predicted octanol–water partition coefficient (Wildman–Crippen LogP) is 6.73. The van der Waals surface area contributed by atoms with Gasteiger partial charge in [0.2, 0.25) is 8.32 Å². The third-order valence-electron chi connectivity index (χ3n) is 7.70. The van der Waals surface area contributed by atoms with Crippen LogP contribution in [-0.2, 0) is 15.7 Å². The highest BCUT2D eigenvalue weighted by atomic mass is 28.4. The maximum atomic E-state index is 7.23. The minimum absolute atomic E-state index is 0.0250. The second kappa shape index (κ2) is 7.73. The van der Waals surface area contributed by atoms with Gasteiger partial charge in [0.15, 0.2) is 8.32 Å². The molecule has 0 bridgehead atoms. The van der Waals surface area contributed by atoms with E-state index < -0.39 is 16.6 Å². The molecule has 0 radical (unpaired) electrons. The Bertz CT molecular complexity index is 872. The molecule has 31 heavy (non-hydrogen) atoms. The van der Waals surface area contributed by atoms with E-state index in [2.05, 4.69) is 69.6 Å². The lowest BCUT2D eigenvalue weighted by atomic mass is 9.53. The van der Waals surface area contributed by atoms with Crippen LogP contribution in [0.15, 0.2) is 23.4 Å². The van der Waals surface area contributed by atoms with E-state index >= 15 is 0 Å². The first kappa shape index (κ1) is 23.1. The molecule has 2 fully saturated rings. The SMILES string of the molecule is CO/N=C1\CCC2(O[Si](C)(C)C)C3CCc4cc(O[Si](C)(C)C)ccc4C3CCC12C. The highest BCUT2D eigenvalue weighted by molar-refractivity contribution is 6.70. The molecular weight excluding hydrogens is 418 g/mol. The van der Waals surface area contributed by atoms with Gasteiger partial charge in [-0.25, -0.2) is 0 Å². The molecule has 0 aliphatic heterocycles. The van der Waals surface area contributed by atoms with Gasteiger partial charge in [-0.15, -0.1) is 0 Å². The molecule has 0 aromatic heterocycles. The van der Waals surface area contributed by atoms with Crippen molar-refractivity contribution in [2.24, 2.45) is 16.5 Å². The molecule has 4 rings (SSSR count). The molecular formula is C25H41NO3Si2. The van der Waals surface area contributed by atoms with E-state index in [0.29, 0.717) is 11.8 Å². The average molecular weight is 460 g/mol. The zero-order valence-electron chi connectivity index (χ0n) is 20.8. The quantitative estimate of drug-likeness (QED) is 0.362. The zero-order chi connectivity index (χ0) is 22.7. The van der Waals surface area contributed by atoms with Crippen molar-refractivity contribution in [3.63, 3.8) is 0 Å². The lowest BCUT2D eigenvalue weighted by molar-refractivity contribution is -0.105. The molecule has 0 N–H and O–H groups in total. The van der Waals surface area contributed by atoms with Crippen LogP contribution in [0.25, 0.3) is 0 Å². The second-order valence-electron chi connectivity index (χ2n) is 12.0. The molecule has 4 nitrogen and oxygen atoms in total. The van der Waals surface area contributed by atoms with Gasteiger partial charge in [-0.05, 0) is 113 Å². The van der Waals surface area contributed by atoms with Gasteiger partial charge in [0.05, 0.1) is 11.3 Å². The number of oxime groups is 1. The van der Waals surface area contributed by atoms with Crippen LogP contribution in [-0.4, -0.2) is 35.1 Å². The number of aryl methyl sites for hydroxylation is 1. The minimum Gasteiger partial charge on any atom is -0.544 e. The fourth-order valence-corrected chi connectivity index (χ4v) is 9.16. The first-order valence-electron chi connectivity index (χ1n) is 12.0. The summed E-state index contributed by atoms with van der Waals surface area (Å²) in [6.07, 6.45) is 6.68. The zero-order valence-corrected chi connectivity index (χ0v) is 22.8. The van der Waals surface area contributed by atoms with Crippen molar-refractivity contribution in [1.29, 1.82) is 0 Å². The third kappa shape index (κ3) is 4.04. The molecule has 4 unspecified atom stereocenters. The molecule has 0 heterocycles. The van der Waals surface area contributed by atoms with Gasteiger partial charge in [0.25, 0.3) is 0 Å². The largest absolute Gasteiger partial charge is 0.544 e. The molecule has 3 aliphatic rings. The Morgan fingerprint density at radius 1 is 0.968 bits per heavy atom. The summed E-state index contributed by atoms with van der Waals surface area (Å²) < 4.78 is 13.5. The molecule has 2 saturated carbocycles. The van der Waals surface area contributed by atoms with Gasteiger partial charge in [-0.1, -0.05) is 18.1 Å². The minimum atomic E-state index is -1.75. The van der Waals surface area contributed by atoms with E-state index in [9.17, 15) is 0 Å². The van der Waals surface area contributed by atoms with E-state index in [4.69, 9.17) is 13.7 Å². The highest BCUT2D eigenvalue weighted by Gasteiger charge is 2.65. The Balaban J connectivity index is 1.73. The highest BCUT2D eigenvalue weighted by Crippen LogP contribution is 2.64. The molecule has 0 amide bonds. The van der Waals surface area contributed by atoms with Gasteiger partial charge >= 0.3 is 0 Å². The van der Waals surface area contributed by atoms with Crippen LogP contribution in [0, 0.1) is 11.3 Å². The Kier molecular flexibility index (Phi) is 5.75. The van der Waals surface area contributed by atoms with Gasteiger partial charge in [-0.3, -0.25) is 0 Å². The van der Waals surface area contributed by atoms with Gasteiger partial charge in [0.1, 0.15) is 12.9 Å². The topological polar surface area (TPSA) is 40.0 Å². The van der Waals surface area contributed by atoms with Crippen LogP contribution >= 0.6 is 0 Å². The number of fused-ring (bicyclic) bond motifs is 5. The number of hydrogen-bond acceptors (Lipinski definition) is 4. The standard InChI is InChI=1S/C25H41NO3Si2/c1-24-15-13-21-20-11-10-19(28-30(3,4)5)17-18(20)9-12-22(21)25(24,29-31(6,7)8)16-14-23(24)26-27-2/h10-11,17,21-22H,9,12-16H2,1-8H3/b26-23+. The molecule has 3 aliphatic carbocycles. The van der Waals surface area contributed by atoms with Crippen LogP contribution in [0.1, 0.15) is 56.1 Å². The van der Waals surface area contributed by atoms with Crippen molar-refractivity contribution in [2.75, 3.05) is 7.11 Å². The van der Waals surface area contributed by atoms with E-state index in [0.717, 1.165) is 31.4 Å². The number of hydrogen-bond donors (Lipinski definition) is 0. The summed E-state index contributed by atoms with van der Waals surface area (Å²) in [4.78, 5) is 5.29. The first-order chi connectivity index (χ1) is 14.4. The molecule has 0 saturated heterocycles. The van der Waals surface area contributed by atoms with Gasteiger partial charge in [0, 0.05) is 5.41 Å². The predicted molar refractivity (Wildman–Crippen MR) is 133 cm³/mol. The Labute approximate surface area is 191 Å². The maximum absolute atomic E-state index is 7.23. The molecule has 1 aromatic carbocycles. The normalized spacial score (nSPS) is 34.1. The Morgan fingerprint density at radius 2 is 1.71 bits per heavy atom. The van der Waals surface area contributed by atoms with Crippen LogP contribution in [0.2, 0.25) is 39.3 Å². The number of nitrogens with zero attached hydrogens (tertiary/aromatic N) is 1. The van der Waals surface area contributed by atoms with Crippen molar-refractivity contribution < 1.29 is 13.7 Å². The smallest absolute Gasteiger partial charge is 0.242 e. The molecule has 1 aromatic rings. The molecule has 6 heteroatoms. The van der Waals surface area contributed by atoms with Crippen LogP contribution < -0.4 is 4.43 Å². The van der Waals surface area contributed by atoms with E-state index in [1.807, 2.05) is 0 Å². The first-order valence-corrected chi connectivity index (χ1v) is 18.8. The summed E-state index contributed by atoms with van der Waals surface area (Å²) >= 11 is 0. The van der Waals surface area contributed by atoms with E-state index in [1.54, 1.807) is 7.11 Å². The van der Waals surface area contributed by atoms with Crippen molar-refractivity contribution in [3.05, 3.63) is 29.3 Å². The average Bonchev–Trinajstić information content (AvgIpc) is 2.91. The number of benzene rings is 1. The van der Waals surface area contributed by atoms with Crippen LogP contribution in [0.4, 0.5) is 0 Å². The van der Waals surface area contributed by atoms with Crippen molar-refractivity contribution in [3.8, 4) is 5.75 Å². The summed E-state index contributed by atoms with van der Waals surface area (Å²) in [6.45, 7) is 16.2.